The Hall–Kier alpha value is -2.14. The first-order chi connectivity index (χ1) is 11.0. The van der Waals surface area contributed by atoms with Gasteiger partial charge in [-0.05, 0) is 42.3 Å². The number of hydrogen-bond donors (Lipinski definition) is 3. The van der Waals surface area contributed by atoms with Crippen LogP contribution in [0.15, 0.2) is 53.4 Å². The lowest BCUT2D eigenvalue weighted by Gasteiger charge is -2.12. The van der Waals surface area contributed by atoms with E-state index in [1.165, 1.54) is 0 Å². The molecule has 0 spiro atoms. The molecule has 0 aromatic heterocycles. The molecule has 0 aliphatic carbocycles. The maximum Gasteiger partial charge on any atom is 0.220 e. The number of nitrogens with two attached hydrogens (primary N) is 1. The number of carbonyl (C=O) groups is 1. The molecule has 0 radical (unpaired) electrons. The summed E-state index contributed by atoms with van der Waals surface area (Å²) in [6.45, 7) is 2.56. The Labute approximate surface area is 141 Å². The molecule has 2 rings (SSSR count). The zero-order valence-corrected chi connectivity index (χ0v) is 14.0. The van der Waals surface area contributed by atoms with Crippen LogP contribution >= 0.6 is 11.8 Å². The largest absolute Gasteiger partial charge is 0.508 e. The number of anilines is 1. The van der Waals surface area contributed by atoms with E-state index in [0.29, 0.717) is 23.9 Å². The molecule has 1 amide bonds. The highest BCUT2D eigenvalue weighted by Crippen LogP contribution is 2.27. The van der Waals surface area contributed by atoms with Crippen LogP contribution in [0.3, 0.4) is 0 Å². The summed E-state index contributed by atoms with van der Waals surface area (Å²) in [6.07, 6.45) is 1.28. The van der Waals surface area contributed by atoms with Crippen molar-refractivity contribution in [3.63, 3.8) is 0 Å². The number of phenolic OH excluding ortho intramolecular Hbond substituents is 1. The highest BCUT2D eigenvalue weighted by atomic mass is 32.2. The number of rotatable bonds is 7. The summed E-state index contributed by atoms with van der Waals surface area (Å²) in [5, 5.41) is 12.5. The van der Waals surface area contributed by atoms with Crippen LogP contribution < -0.4 is 11.1 Å². The first-order valence-electron chi connectivity index (χ1n) is 7.60. The van der Waals surface area contributed by atoms with Gasteiger partial charge in [0.25, 0.3) is 0 Å². The number of para-hydroxylation sites is 1. The molecule has 23 heavy (non-hydrogen) atoms. The number of nitrogens with one attached hydrogen (secondary N) is 1. The zero-order valence-electron chi connectivity index (χ0n) is 13.2. The summed E-state index contributed by atoms with van der Waals surface area (Å²) in [7, 11) is 0. The van der Waals surface area contributed by atoms with Gasteiger partial charge in [-0.15, -0.1) is 11.8 Å². The highest BCUT2D eigenvalue weighted by Gasteiger charge is 2.09. The highest BCUT2D eigenvalue weighted by molar-refractivity contribution is 7.99. The molecule has 0 heterocycles. The van der Waals surface area contributed by atoms with Gasteiger partial charge in [-0.25, -0.2) is 0 Å². The molecule has 122 valence electrons. The van der Waals surface area contributed by atoms with E-state index in [4.69, 9.17) is 5.73 Å². The minimum absolute atomic E-state index is 0.0337. The standard InChI is InChI=1S/C18H22N2O2S/c1-13(23-16-9-7-15(21)8-10-16)6-11-18(22)20-12-14-4-2-3-5-17(14)19/h2-5,7-10,13,21H,6,11-12,19H2,1H3,(H,20,22). The van der Waals surface area contributed by atoms with Crippen molar-refractivity contribution < 1.29 is 9.90 Å². The molecule has 2 aromatic rings. The van der Waals surface area contributed by atoms with Gasteiger partial charge in [-0.1, -0.05) is 25.1 Å². The minimum atomic E-state index is 0.0337. The lowest BCUT2D eigenvalue weighted by Crippen LogP contribution is -2.23. The Bertz CT molecular complexity index is 644. The third kappa shape index (κ3) is 5.87. The van der Waals surface area contributed by atoms with Gasteiger partial charge in [0.2, 0.25) is 5.91 Å². The van der Waals surface area contributed by atoms with Crippen molar-refractivity contribution in [2.24, 2.45) is 0 Å². The molecule has 0 saturated heterocycles. The van der Waals surface area contributed by atoms with Crippen LogP contribution in [-0.2, 0) is 11.3 Å². The van der Waals surface area contributed by atoms with Crippen molar-refractivity contribution in [2.75, 3.05) is 5.73 Å². The van der Waals surface area contributed by atoms with Crippen molar-refractivity contribution in [3.8, 4) is 5.75 Å². The third-order valence-corrected chi connectivity index (χ3v) is 4.67. The number of thioether (sulfide) groups is 1. The van der Waals surface area contributed by atoms with Gasteiger partial charge in [0.15, 0.2) is 0 Å². The SMILES string of the molecule is CC(CCC(=O)NCc1ccccc1N)Sc1ccc(O)cc1. The van der Waals surface area contributed by atoms with Crippen molar-refractivity contribution in [2.45, 2.75) is 36.5 Å². The summed E-state index contributed by atoms with van der Waals surface area (Å²) in [5.74, 6) is 0.299. The molecular weight excluding hydrogens is 308 g/mol. The molecule has 2 aromatic carbocycles. The second kappa shape index (κ2) is 8.48. The van der Waals surface area contributed by atoms with Crippen molar-refractivity contribution in [1.82, 2.24) is 5.32 Å². The summed E-state index contributed by atoms with van der Waals surface area (Å²) in [5.41, 5.74) is 7.49. The van der Waals surface area contributed by atoms with Gasteiger partial charge < -0.3 is 16.2 Å². The van der Waals surface area contributed by atoms with E-state index in [-0.39, 0.29) is 11.7 Å². The quantitative estimate of drug-likeness (QED) is 0.536. The Morgan fingerprint density at radius 1 is 1.22 bits per heavy atom. The molecule has 0 fully saturated rings. The normalized spacial score (nSPS) is 11.9. The molecule has 1 atom stereocenters. The summed E-state index contributed by atoms with van der Waals surface area (Å²) >= 11 is 1.70. The number of hydrogen-bond acceptors (Lipinski definition) is 4. The lowest BCUT2D eigenvalue weighted by molar-refractivity contribution is -0.121. The fourth-order valence-electron chi connectivity index (χ4n) is 2.13. The van der Waals surface area contributed by atoms with E-state index in [2.05, 4.69) is 12.2 Å². The van der Waals surface area contributed by atoms with Crippen molar-refractivity contribution in [3.05, 3.63) is 54.1 Å². The van der Waals surface area contributed by atoms with Crippen LogP contribution in [0.4, 0.5) is 5.69 Å². The second-order valence-corrected chi connectivity index (χ2v) is 6.95. The average molecular weight is 330 g/mol. The fourth-order valence-corrected chi connectivity index (χ4v) is 3.12. The Morgan fingerprint density at radius 3 is 2.61 bits per heavy atom. The Morgan fingerprint density at radius 2 is 1.91 bits per heavy atom. The lowest BCUT2D eigenvalue weighted by atomic mass is 10.2. The number of amides is 1. The predicted molar refractivity (Wildman–Crippen MR) is 95.4 cm³/mol. The molecular formula is C18H22N2O2S. The summed E-state index contributed by atoms with van der Waals surface area (Å²) in [6, 6.07) is 14.6. The zero-order chi connectivity index (χ0) is 16.7. The third-order valence-electron chi connectivity index (χ3n) is 3.48. The molecule has 1 unspecified atom stereocenters. The van der Waals surface area contributed by atoms with Gasteiger partial charge >= 0.3 is 0 Å². The molecule has 0 aliphatic rings. The van der Waals surface area contributed by atoms with E-state index in [0.717, 1.165) is 16.9 Å². The Kier molecular flexibility index (Phi) is 6.35. The number of benzene rings is 2. The maximum atomic E-state index is 11.9. The maximum absolute atomic E-state index is 11.9. The molecule has 0 aliphatic heterocycles. The van der Waals surface area contributed by atoms with Gasteiger partial charge in [0, 0.05) is 28.8 Å². The van der Waals surface area contributed by atoms with Gasteiger partial charge in [0.1, 0.15) is 5.75 Å². The number of aromatic hydroxyl groups is 1. The molecule has 4 nitrogen and oxygen atoms in total. The Balaban J connectivity index is 1.71. The fraction of sp³-hybridized carbons (Fsp3) is 0.278. The summed E-state index contributed by atoms with van der Waals surface area (Å²) in [4.78, 5) is 13.0. The monoisotopic (exact) mass is 330 g/mol. The second-order valence-electron chi connectivity index (χ2n) is 5.44. The molecule has 0 saturated carbocycles. The van der Waals surface area contributed by atoms with Crippen molar-refractivity contribution >= 4 is 23.4 Å². The van der Waals surface area contributed by atoms with Gasteiger partial charge in [0.05, 0.1) is 0 Å². The van der Waals surface area contributed by atoms with Crippen LogP contribution in [0.1, 0.15) is 25.3 Å². The molecule has 0 bridgehead atoms. The first kappa shape index (κ1) is 17.2. The van der Waals surface area contributed by atoms with Gasteiger partial charge in [-0.3, -0.25) is 4.79 Å². The van der Waals surface area contributed by atoms with E-state index in [1.54, 1.807) is 23.9 Å². The first-order valence-corrected chi connectivity index (χ1v) is 8.48. The van der Waals surface area contributed by atoms with Crippen LogP contribution in [0, 0.1) is 0 Å². The minimum Gasteiger partial charge on any atom is -0.508 e. The predicted octanol–water partition coefficient (Wildman–Crippen LogP) is 3.55. The summed E-state index contributed by atoms with van der Waals surface area (Å²) < 4.78 is 0. The topological polar surface area (TPSA) is 75.4 Å². The van der Waals surface area contributed by atoms with Crippen LogP contribution in [-0.4, -0.2) is 16.3 Å². The van der Waals surface area contributed by atoms with Crippen LogP contribution in [0.2, 0.25) is 0 Å². The van der Waals surface area contributed by atoms with E-state index >= 15 is 0 Å². The van der Waals surface area contributed by atoms with E-state index in [9.17, 15) is 9.90 Å². The number of carbonyl (C=O) groups excluding carboxylic acids is 1. The van der Waals surface area contributed by atoms with Crippen LogP contribution in [0.25, 0.3) is 0 Å². The van der Waals surface area contributed by atoms with Crippen LogP contribution in [0.5, 0.6) is 5.75 Å². The molecule has 5 heteroatoms. The van der Waals surface area contributed by atoms with Gasteiger partial charge in [-0.2, -0.15) is 0 Å². The van der Waals surface area contributed by atoms with E-state index < -0.39 is 0 Å². The number of nitrogen functional groups attached to an aromatic ring is 1. The number of phenols is 1. The average Bonchev–Trinajstić information content (AvgIpc) is 2.54. The van der Waals surface area contributed by atoms with Crippen molar-refractivity contribution in [1.29, 1.82) is 0 Å². The van der Waals surface area contributed by atoms with E-state index in [1.807, 2.05) is 36.4 Å². The molecule has 4 N–H and O–H groups in total. The smallest absolute Gasteiger partial charge is 0.220 e.